The summed E-state index contributed by atoms with van der Waals surface area (Å²) in [6.45, 7) is 10.3. The molecular formula is C15H25N3O3. The van der Waals surface area contributed by atoms with E-state index in [1.807, 2.05) is 11.6 Å². The average Bonchev–Trinajstić information content (AvgIpc) is 2.69. The molecule has 2 heterocycles. The maximum absolute atomic E-state index is 11.0. The third kappa shape index (κ3) is 3.11. The van der Waals surface area contributed by atoms with Gasteiger partial charge in [-0.05, 0) is 40.5 Å². The van der Waals surface area contributed by atoms with Crippen molar-refractivity contribution in [1.29, 1.82) is 0 Å². The highest BCUT2D eigenvalue weighted by atomic mass is 16.4. The van der Waals surface area contributed by atoms with Gasteiger partial charge in [-0.2, -0.15) is 5.10 Å². The molecule has 1 aliphatic heterocycles. The molecule has 1 aromatic heterocycles. The van der Waals surface area contributed by atoms with Crippen LogP contribution in [0.15, 0.2) is 0 Å². The van der Waals surface area contributed by atoms with Crippen LogP contribution in [0.1, 0.15) is 49.7 Å². The SMILES string of the molecule is Cc1nn(C(C)C)c(C)c1CN1CCC(O)(C(=O)O)CC1. The second-order valence-corrected chi connectivity index (χ2v) is 6.30. The van der Waals surface area contributed by atoms with E-state index in [2.05, 4.69) is 30.8 Å². The number of hydrogen-bond acceptors (Lipinski definition) is 4. The van der Waals surface area contributed by atoms with Gasteiger partial charge in [0, 0.05) is 36.9 Å². The predicted octanol–water partition coefficient (Wildman–Crippen LogP) is 1.49. The number of carboxylic acid groups (broad SMARTS) is 1. The minimum absolute atomic E-state index is 0.277. The lowest BCUT2D eigenvalue weighted by Gasteiger charge is -2.35. The van der Waals surface area contributed by atoms with Gasteiger partial charge in [-0.1, -0.05) is 0 Å². The van der Waals surface area contributed by atoms with E-state index in [-0.39, 0.29) is 12.8 Å². The van der Waals surface area contributed by atoms with Gasteiger partial charge in [0.2, 0.25) is 0 Å². The second kappa shape index (κ2) is 5.77. The zero-order valence-electron chi connectivity index (χ0n) is 13.3. The molecule has 0 aromatic carbocycles. The molecular weight excluding hydrogens is 270 g/mol. The lowest BCUT2D eigenvalue weighted by molar-refractivity contribution is -0.163. The zero-order chi connectivity index (χ0) is 15.8. The quantitative estimate of drug-likeness (QED) is 0.880. The van der Waals surface area contributed by atoms with Crippen molar-refractivity contribution in [2.75, 3.05) is 13.1 Å². The molecule has 1 fully saturated rings. The Balaban J connectivity index is 2.06. The van der Waals surface area contributed by atoms with Crippen molar-refractivity contribution in [3.8, 4) is 0 Å². The van der Waals surface area contributed by atoms with E-state index in [0.717, 1.165) is 12.2 Å². The molecule has 118 valence electrons. The van der Waals surface area contributed by atoms with Gasteiger partial charge in [0.15, 0.2) is 5.60 Å². The predicted molar refractivity (Wildman–Crippen MR) is 79.2 cm³/mol. The van der Waals surface area contributed by atoms with Crippen LogP contribution in [-0.2, 0) is 11.3 Å². The molecule has 0 atom stereocenters. The van der Waals surface area contributed by atoms with Gasteiger partial charge in [-0.15, -0.1) is 0 Å². The van der Waals surface area contributed by atoms with Crippen LogP contribution in [0.5, 0.6) is 0 Å². The normalized spacial score (nSPS) is 19.1. The first-order chi connectivity index (χ1) is 9.74. The van der Waals surface area contributed by atoms with E-state index in [4.69, 9.17) is 5.11 Å². The van der Waals surface area contributed by atoms with Gasteiger partial charge < -0.3 is 10.2 Å². The first kappa shape index (κ1) is 16.0. The number of rotatable bonds is 4. The van der Waals surface area contributed by atoms with E-state index in [9.17, 15) is 9.90 Å². The molecule has 1 aromatic rings. The summed E-state index contributed by atoms with van der Waals surface area (Å²) in [6, 6.07) is 0.330. The molecule has 0 spiro atoms. The molecule has 0 unspecified atom stereocenters. The molecule has 2 N–H and O–H groups in total. The minimum atomic E-state index is -1.55. The van der Waals surface area contributed by atoms with Gasteiger partial charge in [0.05, 0.1) is 5.69 Å². The number of carboxylic acids is 1. The summed E-state index contributed by atoms with van der Waals surface area (Å²) in [5.41, 5.74) is 1.86. The highest BCUT2D eigenvalue weighted by Gasteiger charge is 2.39. The zero-order valence-corrected chi connectivity index (χ0v) is 13.3. The van der Waals surface area contributed by atoms with Gasteiger partial charge in [-0.3, -0.25) is 9.58 Å². The fourth-order valence-electron chi connectivity index (χ4n) is 2.95. The molecule has 6 heteroatoms. The Morgan fingerprint density at radius 1 is 1.33 bits per heavy atom. The Kier molecular flexibility index (Phi) is 4.39. The number of hydrogen-bond donors (Lipinski definition) is 2. The maximum Gasteiger partial charge on any atom is 0.335 e. The van der Waals surface area contributed by atoms with Crippen molar-refractivity contribution in [3.05, 3.63) is 17.0 Å². The Bertz CT molecular complexity index is 529. The van der Waals surface area contributed by atoms with Crippen molar-refractivity contribution in [2.45, 2.75) is 58.7 Å². The number of carbonyl (C=O) groups is 1. The topological polar surface area (TPSA) is 78.6 Å². The van der Waals surface area contributed by atoms with Crippen molar-refractivity contribution < 1.29 is 15.0 Å². The fourth-order valence-corrected chi connectivity index (χ4v) is 2.95. The summed E-state index contributed by atoms with van der Waals surface area (Å²) < 4.78 is 2.03. The van der Waals surface area contributed by atoms with Crippen LogP contribution >= 0.6 is 0 Å². The first-order valence-electron chi connectivity index (χ1n) is 7.47. The van der Waals surface area contributed by atoms with Crippen LogP contribution < -0.4 is 0 Å². The molecule has 0 bridgehead atoms. The molecule has 0 radical (unpaired) electrons. The van der Waals surface area contributed by atoms with Crippen molar-refractivity contribution >= 4 is 5.97 Å². The summed E-state index contributed by atoms with van der Waals surface area (Å²) in [6.07, 6.45) is 0.553. The summed E-state index contributed by atoms with van der Waals surface area (Å²) in [4.78, 5) is 13.2. The number of aromatic nitrogens is 2. The van der Waals surface area contributed by atoms with Crippen LogP contribution in [0.2, 0.25) is 0 Å². The van der Waals surface area contributed by atoms with Gasteiger partial charge in [0.25, 0.3) is 0 Å². The molecule has 1 aliphatic rings. The van der Waals surface area contributed by atoms with E-state index in [1.165, 1.54) is 11.3 Å². The third-order valence-electron chi connectivity index (χ3n) is 4.43. The molecule has 2 rings (SSSR count). The van der Waals surface area contributed by atoms with Crippen LogP contribution in [0.25, 0.3) is 0 Å². The molecule has 6 nitrogen and oxygen atoms in total. The standard InChI is InChI=1S/C15H25N3O3/c1-10(2)18-12(4)13(11(3)16-18)9-17-7-5-15(21,6-8-17)14(19)20/h10,21H,5-9H2,1-4H3,(H,19,20). The van der Waals surface area contributed by atoms with Crippen molar-refractivity contribution in [3.63, 3.8) is 0 Å². The maximum atomic E-state index is 11.0. The molecule has 21 heavy (non-hydrogen) atoms. The summed E-state index contributed by atoms with van der Waals surface area (Å²) in [7, 11) is 0. The number of piperidine rings is 1. The van der Waals surface area contributed by atoms with Gasteiger partial charge in [-0.25, -0.2) is 4.79 Å². The van der Waals surface area contributed by atoms with Gasteiger partial charge in [0.1, 0.15) is 0 Å². The highest BCUT2D eigenvalue weighted by Crippen LogP contribution is 2.25. The van der Waals surface area contributed by atoms with Crippen LogP contribution in [-0.4, -0.2) is 49.6 Å². The van der Waals surface area contributed by atoms with Crippen LogP contribution in [0.4, 0.5) is 0 Å². The van der Waals surface area contributed by atoms with E-state index in [0.29, 0.717) is 19.1 Å². The lowest BCUT2D eigenvalue weighted by Crippen LogP contribution is -2.49. The number of aliphatic hydroxyl groups is 1. The summed E-state index contributed by atoms with van der Waals surface area (Å²) in [5.74, 6) is -1.11. The highest BCUT2D eigenvalue weighted by molar-refractivity contribution is 5.77. The van der Waals surface area contributed by atoms with Crippen molar-refractivity contribution in [2.24, 2.45) is 0 Å². The third-order valence-corrected chi connectivity index (χ3v) is 4.43. The van der Waals surface area contributed by atoms with E-state index >= 15 is 0 Å². The van der Waals surface area contributed by atoms with E-state index in [1.54, 1.807) is 0 Å². The minimum Gasteiger partial charge on any atom is -0.479 e. The monoisotopic (exact) mass is 295 g/mol. The number of nitrogens with zero attached hydrogens (tertiary/aromatic N) is 3. The molecule has 0 aliphatic carbocycles. The number of aliphatic carboxylic acids is 1. The largest absolute Gasteiger partial charge is 0.479 e. The Morgan fingerprint density at radius 3 is 2.33 bits per heavy atom. The number of likely N-dealkylation sites (tertiary alicyclic amines) is 1. The summed E-state index contributed by atoms with van der Waals surface area (Å²) in [5, 5.41) is 23.6. The molecule has 0 amide bonds. The lowest BCUT2D eigenvalue weighted by atomic mass is 9.91. The van der Waals surface area contributed by atoms with Gasteiger partial charge >= 0.3 is 5.97 Å². The smallest absolute Gasteiger partial charge is 0.335 e. The Hall–Kier alpha value is -1.40. The van der Waals surface area contributed by atoms with E-state index < -0.39 is 11.6 Å². The first-order valence-corrected chi connectivity index (χ1v) is 7.47. The summed E-state index contributed by atoms with van der Waals surface area (Å²) >= 11 is 0. The van der Waals surface area contributed by atoms with Crippen LogP contribution in [0.3, 0.4) is 0 Å². The fraction of sp³-hybridized carbons (Fsp3) is 0.733. The molecule has 0 saturated carbocycles. The Labute approximate surface area is 125 Å². The van der Waals surface area contributed by atoms with Crippen LogP contribution in [0, 0.1) is 13.8 Å². The Morgan fingerprint density at radius 2 is 1.90 bits per heavy atom. The second-order valence-electron chi connectivity index (χ2n) is 6.30. The van der Waals surface area contributed by atoms with Crippen molar-refractivity contribution in [1.82, 2.24) is 14.7 Å². The average molecular weight is 295 g/mol. The number of aryl methyl sites for hydroxylation is 1. The molecule has 1 saturated heterocycles.